The van der Waals surface area contributed by atoms with Crippen LogP contribution in [-0.2, 0) is 10.0 Å². The fourth-order valence-electron chi connectivity index (χ4n) is 2.22. The van der Waals surface area contributed by atoms with Crippen LogP contribution >= 0.6 is 15.9 Å². The summed E-state index contributed by atoms with van der Waals surface area (Å²) in [4.78, 5) is 0.0549. The Balaban J connectivity index is 2.42. The highest BCUT2D eigenvalue weighted by atomic mass is 79.9. The summed E-state index contributed by atoms with van der Waals surface area (Å²) >= 11 is 3.25. The maximum absolute atomic E-state index is 12.6. The van der Waals surface area contributed by atoms with Gasteiger partial charge >= 0.3 is 0 Å². The molecule has 0 amide bonds. The predicted octanol–water partition coefficient (Wildman–Crippen LogP) is 1.04. The number of hydrogen-bond acceptors (Lipinski definition) is 5. The third-order valence-electron chi connectivity index (χ3n) is 3.41. The van der Waals surface area contributed by atoms with Crippen molar-refractivity contribution in [3.8, 4) is 5.75 Å². The molecule has 0 radical (unpaired) electrons. The molecule has 1 atom stereocenters. The lowest BCUT2D eigenvalue weighted by atomic mass is 10.1. The van der Waals surface area contributed by atoms with E-state index in [0.717, 1.165) is 0 Å². The first-order valence-corrected chi connectivity index (χ1v) is 8.37. The Morgan fingerprint density at radius 1 is 1.55 bits per heavy atom. The van der Waals surface area contributed by atoms with Gasteiger partial charge in [0, 0.05) is 29.9 Å². The summed E-state index contributed by atoms with van der Waals surface area (Å²) in [6.45, 7) is 0.705. The Bertz CT molecular complexity index is 606. The number of ether oxygens (including phenoxy) is 1. The van der Waals surface area contributed by atoms with Crippen molar-refractivity contribution in [2.45, 2.75) is 11.3 Å². The highest BCUT2D eigenvalue weighted by Gasteiger charge is 2.34. The Hall–Kier alpha value is -0.830. The van der Waals surface area contributed by atoms with Crippen molar-refractivity contribution in [3.05, 3.63) is 16.6 Å². The standard InChI is InChI=1S/C12H17BrN2O4S/c1-19-11-4-9(13)10(14)5-12(11)20(17,18)15-3-2-8(6-15)7-16/h4-5,8,16H,2-3,6-7,14H2,1H3. The predicted molar refractivity (Wildman–Crippen MR) is 79.1 cm³/mol. The third kappa shape index (κ3) is 2.78. The number of aliphatic hydroxyl groups excluding tert-OH is 1. The Morgan fingerprint density at radius 2 is 2.25 bits per heavy atom. The van der Waals surface area contributed by atoms with Crippen molar-refractivity contribution >= 4 is 31.6 Å². The smallest absolute Gasteiger partial charge is 0.246 e. The van der Waals surface area contributed by atoms with Crippen LogP contribution in [0.25, 0.3) is 0 Å². The molecule has 1 saturated heterocycles. The average Bonchev–Trinajstić information content (AvgIpc) is 2.90. The van der Waals surface area contributed by atoms with Crippen LogP contribution in [0.1, 0.15) is 6.42 Å². The molecule has 20 heavy (non-hydrogen) atoms. The van der Waals surface area contributed by atoms with Gasteiger partial charge in [0.05, 0.1) is 7.11 Å². The number of nitrogens with two attached hydrogens (primary N) is 1. The van der Waals surface area contributed by atoms with Gasteiger partial charge in [0.1, 0.15) is 10.6 Å². The molecule has 1 aliphatic heterocycles. The summed E-state index contributed by atoms with van der Waals surface area (Å²) in [7, 11) is -2.25. The zero-order valence-corrected chi connectivity index (χ0v) is 13.4. The number of hydrogen-bond donors (Lipinski definition) is 2. The molecule has 1 aromatic carbocycles. The maximum atomic E-state index is 12.6. The summed E-state index contributed by atoms with van der Waals surface area (Å²) in [6.07, 6.45) is 0.657. The molecule has 1 heterocycles. The number of halogens is 1. The number of aliphatic hydroxyl groups is 1. The molecule has 112 valence electrons. The zero-order chi connectivity index (χ0) is 14.9. The van der Waals surface area contributed by atoms with Crippen LogP contribution in [0.4, 0.5) is 5.69 Å². The van der Waals surface area contributed by atoms with Crippen molar-refractivity contribution in [1.82, 2.24) is 4.31 Å². The van der Waals surface area contributed by atoms with Crippen LogP contribution in [0, 0.1) is 5.92 Å². The highest BCUT2D eigenvalue weighted by molar-refractivity contribution is 9.10. The molecule has 3 N–H and O–H groups in total. The van der Waals surface area contributed by atoms with E-state index in [4.69, 9.17) is 15.6 Å². The molecule has 1 unspecified atom stereocenters. The molecule has 0 aromatic heterocycles. The molecule has 0 aliphatic carbocycles. The fraction of sp³-hybridized carbons (Fsp3) is 0.500. The SMILES string of the molecule is COc1cc(Br)c(N)cc1S(=O)(=O)N1CCC(CO)C1. The van der Waals surface area contributed by atoms with Gasteiger partial charge < -0.3 is 15.6 Å². The van der Waals surface area contributed by atoms with Crippen molar-refractivity contribution < 1.29 is 18.3 Å². The van der Waals surface area contributed by atoms with Gasteiger partial charge in [-0.2, -0.15) is 4.31 Å². The van der Waals surface area contributed by atoms with E-state index in [-0.39, 0.29) is 23.2 Å². The molecule has 1 aliphatic rings. The summed E-state index contributed by atoms with van der Waals surface area (Å²) in [5, 5.41) is 9.13. The lowest BCUT2D eigenvalue weighted by Gasteiger charge is -2.19. The minimum atomic E-state index is -3.67. The van der Waals surface area contributed by atoms with Crippen LogP contribution in [0.15, 0.2) is 21.5 Å². The van der Waals surface area contributed by atoms with Crippen molar-refractivity contribution in [1.29, 1.82) is 0 Å². The number of nitrogen functional groups attached to an aromatic ring is 1. The average molecular weight is 365 g/mol. The number of sulfonamides is 1. The molecule has 0 spiro atoms. The van der Waals surface area contributed by atoms with Gasteiger partial charge in [-0.15, -0.1) is 0 Å². The minimum absolute atomic E-state index is 0.00830. The van der Waals surface area contributed by atoms with Gasteiger partial charge in [-0.1, -0.05) is 0 Å². The van der Waals surface area contributed by atoms with Crippen molar-refractivity contribution in [3.63, 3.8) is 0 Å². The molecule has 0 bridgehead atoms. The number of nitrogens with zero attached hydrogens (tertiary/aromatic N) is 1. The Morgan fingerprint density at radius 3 is 2.80 bits per heavy atom. The molecular weight excluding hydrogens is 348 g/mol. The quantitative estimate of drug-likeness (QED) is 0.778. The summed E-state index contributed by atoms with van der Waals surface area (Å²) in [6, 6.07) is 2.94. The number of anilines is 1. The number of rotatable bonds is 4. The van der Waals surface area contributed by atoms with Gasteiger partial charge in [0.25, 0.3) is 0 Å². The second kappa shape index (κ2) is 5.88. The normalized spacial score (nSPS) is 20.2. The molecule has 8 heteroatoms. The minimum Gasteiger partial charge on any atom is -0.495 e. The first kappa shape index (κ1) is 15.6. The van der Waals surface area contributed by atoms with E-state index in [2.05, 4.69) is 15.9 Å². The highest BCUT2D eigenvalue weighted by Crippen LogP contribution is 2.35. The van der Waals surface area contributed by atoms with E-state index >= 15 is 0 Å². The van der Waals surface area contributed by atoms with Gasteiger partial charge in [-0.05, 0) is 40.4 Å². The van der Waals surface area contributed by atoms with E-state index < -0.39 is 10.0 Å². The zero-order valence-electron chi connectivity index (χ0n) is 11.0. The fourth-order valence-corrected chi connectivity index (χ4v) is 4.24. The molecule has 1 aromatic rings. The van der Waals surface area contributed by atoms with Crippen LogP contribution < -0.4 is 10.5 Å². The summed E-state index contributed by atoms with van der Waals surface area (Å²) in [5.74, 6) is 0.238. The molecule has 2 rings (SSSR count). The third-order valence-corrected chi connectivity index (χ3v) is 5.98. The van der Waals surface area contributed by atoms with E-state index in [1.54, 1.807) is 6.07 Å². The monoisotopic (exact) mass is 364 g/mol. The van der Waals surface area contributed by atoms with Gasteiger partial charge in [0.15, 0.2) is 0 Å². The molecule has 6 nitrogen and oxygen atoms in total. The molecular formula is C12H17BrN2O4S. The lowest BCUT2D eigenvalue weighted by Crippen LogP contribution is -2.29. The summed E-state index contributed by atoms with van der Waals surface area (Å²) in [5.41, 5.74) is 6.10. The maximum Gasteiger partial charge on any atom is 0.246 e. The van der Waals surface area contributed by atoms with Gasteiger partial charge in [-0.25, -0.2) is 8.42 Å². The first-order valence-electron chi connectivity index (χ1n) is 6.14. The molecule has 0 saturated carbocycles. The van der Waals surface area contributed by atoms with E-state index in [9.17, 15) is 8.42 Å². The van der Waals surface area contributed by atoms with Crippen molar-refractivity contribution in [2.24, 2.45) is 5.92 Å². The van der Waals surface area contributed by atoms with E-state index in [0.29, 0.717) is 29.7 Å². The van der Waals surface area contributed by atoms with Crippen LogP contribution in [0.2, 0.25) is 0 Å². The molecule has 1 fully saturated rings. The van der Waals surface area contributed by atoms with Crippen LogP contribution in [0.3, 0.4) is 0 Å². The summed E-state index contributed by atoms with van der Waals surface area (Å²) < 4.78 is 32.4. The van der Waals surface area contributed by atoms with Gasteiger partial charge in [-0.3, -0.25) is 0 Å². The lowest BCUT2D eigenvalue weighted by molar-refractivity contribution is 0.233. The Labute approximate surface area is 126 Å². The number of benzene rings is 1. The van der Waals surface area contributed by atoms with Crippen LogP contribution in [-0.4, -0.2) is 44.6 Å². The largest absolute Gasteiger partial charge is 0.495 e. The van der Waals surface area contributed by atoms with Gasteiger partial charge in [0.2, 0.25) is 10.0 Å². The van der Waals surface area contributed by atoms with E-state index in [1.165, 1.54) is 17.5 Å². The first-order chi connectivity index (χ1) is 9.40. The number of methoxy groups -OCH3 is 1. The second-order valence-electron chi connectivity index (χ2n) is 4.72. The van der Waals surface area contributed by atoms with Crippen LogP contribution in [0.5, 0.6) is 5.75 Å². The van der Waals surface area contributed by atoms with E-state index in [1.807, 2.05) is 0 Å². The Kier molecular flexibility index (Phi) is 4.58. The topological polar surface area (TPSA) is 92.9 Å². The van der Waals surface area contributed by atoms with Crippen molar-refractivity contribution in [2.75, 3.05) is 32.5 Å². The second-order valence-corrected chi connectivity index (χ2v) is 7.49.